The normalized spacial score (nSPS) is 13.2. The highest BCUT2D eigenvalue weighted by molar-refractivity contribution is 5.93. The summed E-state index contributed by atoms with van der Waals surface area (Å²) < 4.78 is 0. The lowest BCUT2D eigenvalue weighted by Gasteiger charge is -2.28. The molecule has 0 saturated heterocycles. The average Bonchev–Trinajstić information content (AvgIpc) is 2.69. The van der Waals surface area contributed by atoms with Gasteiger partial charge in [-0.25, -0.2) is 9.97 Å². The second-order valence-electron chi connectivity index (χ2n) is 7.37. The molecule has 1 N–H and O–H groups in total. The molecule has 3 aromatic rings. The minimum atomic E-state index is -0.0521. The van der Waals surface area contributed by atoms with Gasteiger partial charge in [0.2, 0.25) is 0 Å². The molecule has 0 unspecified atom stereocenters. The van der Waals surface area contributed by atoms with E-state index in [1.165, 1.54) is 16.7 Å². The third-order valence-corrected chi connectivity index (χ3v) is 5.12. The van der Waals surface area contributed by atoms with Gasteiger partial charge in [0, 0.05) is 24.8 Å². The van der Waals surface area contributed by atoms with E-state index in [1.807, 2.05) is 24.0 Å². The van der Waals surface area contributed by atoms with Gasteiger partial charge in [-0.1, -0.05) is 42.0 Å². The standard InChI is InChI=1S/C23H24N4O/c1-15-8-9-20(16(2)12-15)26-22-13-21(24-17(3)25-22)23(28)27-11-10-18-6-4-5-7-19(18)14-27/h4-9,12-13H,10-11,14H2,1-3H3,(H,24,25,26). The number of anilines is 2. The fourth-order valence-electron chi connectivity index (χ4n) is 3.66. The highest BCUT2D eigenvalue weighted by atomic mass is 16.2. The summed E-state index contributed by atoms with van der Waals surface area (Å²) in [6.45, 7) is 7.27. The molecule has 0 fully saturated rings. The fraction of sp³-hybridized carbons (Fsp3) is 0.261. The van der Waals surface area contributed by atoms with Crippen LogP contribution in [0.25, 0.3) is 0 Å². The fourth-order valence-corrected chi connectivity index (χ4v) is 3.66. The van der Waals surface area contributed by atoms with E-state index in [2.05, 4.69) is 59.5 Å². The van der Waals surface area contributed by atoms with E-state index in [4.69, 9.17) is 0 Å². The number of aryl methyl sites for hydroxylation is 3. The Balaban J connectivity index is 1.57. The zero-order valence-corrected chi connectivity index (χ0v) is 16.5. The van der Waals surface area contributed by atoms with E-state index in [-0.39, 0.29) is 5.91 Å². The molecular formula is C23H24N4O. The van der Waals surface area contributed by atoms with Crippen molar-refractivity contribution in [3.05, 3.63) is 82.3 Å². The number of benzene rings is 2. The molecule has 0 radical (unpaired) electrons. The number of carbonyl (C=O) groups is 1. The number of hydrogen-bond donors (Lipinski definition) is 1. The molecule has 1 aliphatic rings. The second kappa shape index (κ2) is 7.43. The molecule has 2 heterocycles. The van der Waals surface area contributed by atoms with Gasteiger partial charge in [-0.15, -0.1) is 0 Å². The maximum absolute atomic E-state index is 13.1. The van der Waals surface area contributed by atoms with Crippen LogP contribution in [0.3, 0.4) is 0 Å². The minimum Gasteiger partial charge on any atom is -0.340 e. The molecule has 0 aliphatic carbocycles. The molecule has 0 bridgehead atoms. The third-order valence-electron chi connectivity index (χ3n) is 5.12. The van der Waals surface area contributed by atoms with Gasteiger partial charge in [0.15, 0.2) is 0 Å². The van der Waals surface area contributed by atoms with Crippen molar-refractivity contribution in [2.45, 2.75) is 33.7 Å². The molecule has 0 atom stereocenters. The van der Waals surface area contributed by atoms with E-state index in [0.717, 1.165) is 17.7 Å². The van der Waals surface area contributed by atoms with Crippen LogP contribution in [0.5, 0.6) is 0 Å². The van der Waals surface area contributed by atoms with E-state index >= 15 is 0 Å². The van der Waals surface area contributed by atoms with Crippen molar-refractivity contribution in [1.29, 1.82) is 0 Å². The smallest absolute Gasteiger partial charge is 0.272 e. The first-order valence-corrected chi connectivity index (χ1v) is 9.55. The van der Waals surface area contributed by atoms with Crippen LogP contribution in [0, 0.1) is 20.8 Å². The Morgan fingerprint density at radius 2 is 1.79 bits per heavy atom. The van der Waals surface area contributed by atoms with Crippen LogP contribution in [0.2, 0.25) is 0 Å². The Kier molecular flexibility index (Phi) is 4.82. The van der Waals surface area contributed by atoms with Crippen LogP contribution in [-0.4, -0.2) is 27.3 Å². The van der Waals surface area contributed by atoms with Crippen molar-refractivity contribution < 1.29 is 4.79 Å². The largest absolute Gasteiger partial charge is 0.340 e. The first-order valence-electron chi connectivity index (χ1n) is 9.55. The zero-order chi connectivity index (χ0) is 19.7. The molecule has 0 saturated carbocycles. The zero-order valence-electron chi connectivity index (χ0n) is 16.5. The number of aromatic nitrogens is 2. The van der Waals surface area contributed by atoms with E-state index in [9.17, 15) is 4.79 Å². The van der Waals surface area contributed by atoms with Gasteiger partial charge in [-0.05, 0) is 49.9 Å². The number of fused-ring (bicyclic) bond motifs is 1. The lowest BCUT2D eigenvalue weighted by molar-refractivity contribution is 0.0728. The van der Waals surface area contributed by atoms with E-state index in [0.29, 0.717) is 30.4 Å². The van der Waals surface area contributed by atoms with Crippen LogP contribution in [0.1, 0.15) is 38.6 Å². The highest BCUT2D eigenvalue weighted by Gasteiger charge is 2.23. The summed E-state index contributed by atoms with van der Waals surface area (Å²) in [4.78, 5) is 23.8. The van der Waals surface area contributed by atoms with Crippen LogP contribution in [0.15, 0.2) is 48.5 Å². The Morgan fingerprint density at radius 3 is 2.57 bits per heavy atom. The lowest BCUT2D eigenvalue weighted by atomic mass is 10.00. The number of carbonyl (C=O) groups excluding carboxylic acids is 1. The maximum Gasteiger partial charge on any atom is 0.272 e. The number of rotatable bonds is 3. The summed E-state index contributed by atoms with van der Waals surface area (Å²) in [6, 6.07) is 16.3. The molecule has 4 rings (SSSR count). The van der Waals surface area contributed by atoms with Gasteiger partial charge in [0.05, 0.1) is 0 Å². The summed E-state index contributed by atoms with van der Waals surface area (Å²) in [5.74, 6) is 1.17. The first kappa shape index (κ1) is 18.2. The Labute approximate surface area is 165 Å². The van der Waals surface area contributed by atoms with Crippen molar-refractivity contribution in [2.24, 2.45) is 0 Å². The molecule has 1 aromatic heterocycles. The molecular weight excluding hydrogens is 348 g/mol. The molecule has 1 amide bonds. The summed E-state index contributed by atoms with van der Waals surface area (Å²) in [7, 11) is 0. The van der Waals surface area contributed by atoms with Gasteiger partial charge in [-0.2, -0.15) is 0 Å². The van der Waals surface area contributed by atoms with Crippen LogP contribution < -0.4 is 5.32 Å². The second-order valence-corrected chi connectivity index (χ2v) is 7.37. The molecule has 5 nitrogen and oxygen atoms in total. The molecule has 142 valence electrons. The predicted molar refractivity (Wildman–Crippen MR) is 111 cm³/mol. The predicted octanol–water partition coefficient (Wildman–Crippen LogP) is 4.34. The summed E-state index contributed by atoms with van der Waals surface area (Å²) >= 11 is 0. The number of nitrogens with zero attached hydrogens (tertiary/aromatic N) is 3. The summed E-state index contributed by atoms with van der Waals surface area (Å²) in [6.07, 6.45) is 0.875. The summed E-state index contributed by atoms with van der Waals surface area (Å²) in [5.41, 5.74) is 6.29. The van der Waals surface area contributed by atoms with Gasteiger partial charge in [0.25, 0.3) is 5.91 Å². The lowest BCUT2D eigenvalue weighted by Crippen LogP contribution is -2.36. The van der Waals surface area contributed by atoms with Crippen LogP contribution >= 0.6 is 0 Å². The topological polar surface area (TPSA) is 58.1 Å². The SMILES string of the molecule is Cc1ccc(Nc2cc(C(=O)N3CCc4ccccc4C3)nc(C)n2)c(C)c1. The maximum atomic E-state index is 13.1. The first-order chi connectivity index (χ1) is 13.5. The number of amides is 1. The molecule has 28 heavy (non-hydrogen) atoms. The third kappa shape index (κ3) is 3.74. The molecule has 2 aromatic carbocycles. The quantitative estimate of drug-likeness (QED) is 0.743. The highest BCUT2D eigenvalue weighted by Crippen LogP contribution is 2.23. The van der Waals surface area contributed by atoms with Gasteiger partial charge in [0.1, 0.15) is 17.3 Å². The Bertz CT molecular complexity index is 1040. The number of hydrogen-bond acceptors (Lipinski definition) is 4. The van der Waals surface area contributed by atoms with E-state index < -0.39 is 0 Å². The van der Waals surface area contributed by atoms with Crippen LogP contribution in [-0.2, 0) is 13.0 Å². The molecule has 1 aliphatic heterocycles. The molecule has 5 heteroatoms. The van der Waals surface area contributed by atoms with E-state index in [1.54, 1.807) is 6.07 Å². The number of nitrogens with one attached hydrogen (secondary N) is 1. The van der Waals surface area contributed by atoms with Crippen molar-refractivity contribution >= 4 is 17.4 Å². The van der Waals surface area contributed by atoms with Crippen molar-refractivity contribution in [2.75, 3.05) is 11.9 Å². The Morgan fingerprint density at radius 1 is 1.00 bits per heavy atom. The summed E-state index contributed by atoms with van der Waals surface area (Å²) in [5, 5.41) is 3.33. The Hall–Kier alpha value is -3.21. The van der Waals surface area contributed by atoms with Crippen molar-refractivity contribution in [3.8, 4) is 0 Å². The van der Waals surface area contributed by atoms with Gasteiger partial charge >= 0.3 is 0 Å². The van der Waals surface area contributed by atoms with Gasteiger partial charge < -0.3 is 10.2 Å². The van der Waals surface area contributed by atoms with Gasteiger partial charge in [-0.3, -0.25) is 4.79 Å². The minimum absolute atomic E-state index is 0.0521. The monoisotopic (exact) mass is 372 g/mol. The van der Waals surface area contributed by atoms with Crippen LogP contribution in [0.4, 0.5) is 11.5 Å². The average molecular weight is 372 g/mol. The van der Waals surface area contributed by atoms with Crippen molar-refractivity contribution in [3.63, 3.8) is 0 Å². The van der Waals surface area contributed by atoms with Crippen molar-refractivity contribution in [1.82, 2.24) is 14.9 Å². The molecule has 0 spiro atoms.